The molecule has 0 saturated carbocycles. The average Bonchev–Trinajstić information content (AvgIpc) is 2.06. The van der Waals surface area contributed by atoms with Crippen LogP contribution in [-0.2, 0) is 0 Å². The lowest BCUT2D eigenvalue weighted by Gasteiger charge is -2.39. The van der Waals surface area contributed by atoms with E-state index in [0.29, 0.717) is 5.84 Å². The van der Waals surface area contributed by atoms with Gasteiger partial charge in [-0.25, -0.2) is 15.8 Å². The van der Waals surface area contributed by atoms with Crippen LogP contribution in [0.15, 0.2) is 9.98 Å². The Bertz CT molecular complexity index is 355. The highest BCUT2D eigenvalue weighted by Crippen LogP contribution is 2.36. The molecular weight excluding hydrogens is 259 g/mol. The lowest BCUT2D eigenvalue weighted by atomic mass is 9.75. The summed E-state index contributed by atoms with van der Waals surface area (Å²) in [7, 11) is 0. The van der Waals surface area contributed by atoms with E-state index < -0.39 is 5.62 Å². The summed E-state index contributed by atoms with van der Waals surface area (Å²) >= 11 is 11.8. The lowest BCUT2D eigenvalue weighted by Crippen LogP contribution is -2.51. The minimum atomic E-state index is -0.686. The molecule has 0 aromatic carbocycles. The Morgan fingerprint density at radius 1 is 1.29 bits per heavy atom. The number of amidine groups is 2. The standard InChI is InChI=1S/C11H20Cl2N4/c1-10(2,3)6-11(4,5)7-15-8(12)16-9(13)17(7)14/h9H,6,14H2,1-5H3. The molecule has 0 aliphatic carbocycles. The van der Waals surface area contributed by atoms with Crippen LogP contribution in [0, 0.1) is 10.8 Å². The number of nitrogens with two attached hydrogens (primary N) is 1. The maximum Gasteiger partial charge on any atom is 0.222 e. The van der Waals surface area contributed by atoms with Gasteiger partial charge in [-0.3, -0.25) is 5.01 Å². The quantitative estimate of drug-likeness (QED) is 0.479. The van der Waals surface area contributed by atoms with Crippen molar-refractivity contribution in [1.29, 1.82) is 0 Å². The van der Waals surface area contributed by atoms with Gasteiger partial charge < -0.3 is 0 Å². The highest BCUT2D eigenvalue weighted by atomic mass is 35.5. The number of nitrogens with zero attached hydrogens (tertiary/aromatic N) is 3. The molecule has 17 heavy (non-hydrogen) atoms. The van der Waals surface area contributed by atoms with E-state index in [1.54, 1.807) is 0 Å². The molecule has 1 heterocycles. The number of halogens is 2. The second-order valence-corrected chi connectivity index (χ2v) is 6.90. The van der Waals surface area contributed by atoms with Crippen LogP contribution in [0.3, 0.4) is 0 Å². The normalized spacial score (nSPS) is 22.4. The Kier molecular flexibility index (Phi) is 4.12. The summed E-state index contributed by atoms with van der Waals surface area (Å²) in [6.07, 6.45) is 0.917. The Morgan fingerprint density at radius 3 is 2.29 bits per heavy atom. The van der Waals surface area contributed by atoms with Crippen LogP contribution in [-0.4, -0.2) is 21.8 Å². The van der Waals surface area contributed by atoms with Crippen LogP contribution >= 0.6 is 23.2 Å². The van der Waals surface area contributed by atoms with Crippen LogP contribution < -0.4 is 5.84 Å². The summed E-state index contributed by atoms with van der Waals surface area (Å²) in [4.78, 5) is 8.10. The molecule has 0 radical (unpaired) electrons. The molecule has 1 aliphatic heterocycles. The van der Waals surface area contributed by atoms with E-state index in [9.17, 15) is 0 Å². The fourth-order valence-corrected chi connectivity index (χ4v) is 2.74. The highest BCUT2D eigenvalue weighted by Gasteiger charge is 2.36. The molecule has 1 unspecified atom stereocenters. The fraction of sp³-hybridized carbons (Fsp3) is 0.818. The van der Waals surface area contributed by atoms with Crippen LogP contribution in [0.25, 0.3) is 0 Å². The molecule has 0 aromatic rings. The van der Waals surface area contributed by atoms with E-state index >= 15 is 0 Å². The third-order valence-electron chi connectivity index (χ3n) is 2.46. The van der Waals surface area contributed by atoms with Crippen molar-refractivity contribution in [2.45, 2.75) is 46.7 Å². The minimum Gasteiger partial charge on any atom is -0.259 e. The van der Waals surface area contributed by atoms with E-state index in [4.69, 9.17) is 29.0 Å². The topological polar surface area (TPSA) is 54.0 Å². The van der Waals surface area contributed by atoms with Crippen molar-refractivity contribution in [3.05, 3.63) is 0 Å². The molecule has 2 N–H and O–H groups in total. The predicted octanol–water partition coefficient (Wildman–Crippen LogP) is 3.15. The van der Waals surface area contributed by atoms with E-state index in [2.05, 4.69) is 44.6 Å². The molecule has 98 valence electrons. The van der Waals surface area contributed by atoms with Crippen molar-refractivity contribution in [3.63, 3.8) is 0 Å². The number of hydrazine groups is 1. The molecule has 0 bridgehead atoms. The van der Waals surface area contributed by atoms with E-state index in [1.807, 2.05) is 0 Å². The Hall–Kier alpha value is -0.320. The molecule has 1 aliphatic rings. The van der Waals surface area contributed by atoms with Gasteiger partial charge in [0.05, 0.1) is 0 Å². The Labute approximate surface area is 113 Å². The second-order valence-electron chi connectivity index (χ2n) is 6.17. The molecule has 1 rings (SSSR count). The van der Waals surface area contributed by atoms with E-state index in [0.717, 1.165) is 6.42 Å². The minimum absolute atomic E-state index is 0.156. The Balaban J connectivity index is 3.02. The zero-order chi connectivity index (χ0) is 13.4. The van der Waals surface area contributed by atoms with Gasteiger partial charge in [0.25, 0.3) is 0 Å². The summed E-state index contributed by atoms with van der Waals surface area (Å²) < 4.78 is 0. The van der Waals surface area contributed by atoms with Crippen molar-refractivity contribution in [2.75, 3.05) is 0 Å². The number of aliphatic imine (C=N–C) groups is 2. The van der Waals surface area contributed by atoms with Crippen LogP contribution in [0.5, 0.6) is 0 Å². The zero-order valence-electron chi connectivity index (χ0n) is 11.0. The maximum atomic E-state index is 5.98. The van der Waals surface area contributed by atoms with E-state index in [-0.39, 0.29) is 16.1 Å². The third kappa shape index (κ3) is 3.83. The molecule has 0 amide bonds. The summed E-state index contributed by atoms with van der Waals surface area (Å²) in [6.45, 7) is 10.7. The average molecular weight is 279 g/mol. The first-order valence-electron chi connectivity index (χ1n) is 5.53. The monoisotopic (exact) mass is 278 g/mol. The highest BCUT2D eigenvalue weighted by molar-refractivity contribution is 6.66. The van der Waals surface area contributed by atoms with Gasteiger partial charge in [0, 0.05) is 5.41 Å². The van der Waals surface area contributed by atoms with Gasteiger partial charge in [-0.1, -0.05) is 46.2 Å². The summed E-state index contributed by atoms with van der Waals surface area (Å²) in [5.41, 5.74) is -0.736. The molecule has 1 atom stereocenters. The van der Waals surface area contributed by atoms with Crippen molar-refractivity contribution in [2.24, 2.45) is 26.7 Å². The van der Waals surface area contributed by atoms with Crippen molar-refractivity contribution in [1.82, 2.24) is 5.01 Å². The maximum absolute atomic E-state index is 5.98. The molecule has 6 heteroatoms. The Morgan fingerprint density at radius 2 is 1.82 bits per heavy atom. The SMILES string of the molecule is CC(C)(C)CC(C)(C)C1=NC(Cl)=NC(Cl)N1N. The smallest absolute Gasteiger partial charge is 0.222 e. The lowest BCUT2D eigenvalue weighted by molar-refractivity contribution is 0.248. The number of hydrogen-bond donors (Lipinski definition) is 1. The molecule has 0 saturated heterocycles. The van der Waals surface area contributed by atoms with Crippen LogP contribution in [0.1, 0.15) is 41.0 Å². The van der Waals surface area contributed by atoms with Gasteiger partial charge in [-0.15, -0.1) is 0 Å². The first-order chi connectivity index (χ1) is 7.53. The summed E-state index contributed by atoms with van der Waals surface area (Å²) in [5, 5.41) is 1.53. The zero-order valence-corrected chi connectivity index (χ0v) is 12.5. The molecule has 0 aromatic heterocycles. The molecule has 4 nitrogen and oxygen atoms in total. The molecular formula is C11H20Cl2N4. The van der Waals surface area contributed by atoms with Gasteiger partial charge in [-0.05, 0) is 23.4 Å². The number of hydrogen-bond acceptors (Lipinski definition) is 4. The predicted molar refractivity (Wildman–Crippen MR) is 74.2 cm³/mol. The number of alkyl halides is 1. The van der Waals surface area contributed by atoms with Gasteiger partial charge >= 0.3 is 0 Å². The molecule has 0 fully saturated rings. The van der Waals surface area contributed by atoms with Crippen molar-refractivity contribution < 1.29 is 0 Å². The molecule has 0 spiro atoms. The third-order valence-corrected chi connectivity index (χ3v) is 2.95. The van der Waals surface area contributed by atoms with Gasteiger partial charge in [0.2, 0.25) is 10.9 Å². The summed E-state index contributed by atoms with van der Waals surface area (Å²) in [5.74, 6) is 6.57. The largest absolute Gasteiger partial charge is 0.259 e. The van der Waals surface area contributed by atoms with Gasteiger partial charge in [-0.2, -0.15) is 0 Å². The first-order valence-corrected chi connectivity index (χ1v) is 6.35. The van der Waals surface area contributed by atoms with Crippen molar-refractivity contribution >= 4 is 34.3 Å². The van der Waals surface area contributed by atoms with Gasteiger partial charge in [0.15, 0.2) is 0 Å². The summed E-state index contributed by atoms with van der Waals surface area (Å²) in [6, 6.07) is 0. The van der Waals surface area contributed by atoms with Crippen LogP contribution in [0.4, 0.5) is 0 Å². The van der Waals surface area contributed by atoms with E-state index in [1.165, 1.54) is 5.01 Å². The fourth-order valence-electron chi connectivity index (χ4n) is 2.33. The second kappa shape index (κ2) is 4.75. The number of rotatable bonds is 2. The van der Waals surface area contributed by atoms with Crippen LogP contribution in [0.2, 0.25) is 0 Å². The first kappa shape index (κ1) is 14.7. The van der Waals surface area contributed by atoms with Crippen molar-refractivity contribution in [3.8, 4) is 0 Å². The van der Waals surface area contributed by atoms with Gasteiger partial charge in [0.1, 0.15) is 5.84 Å².